The predicted octanol–water partition coefficient (Wildman–Crippen LogP) is -0.173. The van der Waals surface area contributed by atoms with Gasteiger partial charge in [0, 0.05) is 38.8 Å². The van der Waals surface area contributed by atoms with E-state index in [1.54, 1.807) is 40.1 Å². The zero-order chi connectivity index (χ0) is 20.1. The highest BCUT2D eigenvalue weighted by molar-refractivity contribution is 5.80. The van der Waals surface area contributed by atoms with Crippen LogP contribution in [0, 0.1) is 17.0 Å². The number of nitro groups is 1. The highest BCUT2D eigenvalue weighted by atomic mass is 35.5. The fraction of sp³-hybridized carbons (Fsp3) is 0.150. The first-order chi connectivity index (χ1) is 13.4. The zero-order valence-electron chi connectivity index (χ0n) is 16.3. The van der Waals surface area contributed by atoms with Crippen molar-refractivity contribution < 1.29 is 22.0 Å². The van der Waals surface area contributed by atoms with Crippen LogP contribution < -0.4 is 22.0 Å². The van der Waals surface area contributed by atoms with Crippen LogP contribution in [0.25, 0.3) is 0 Å². The second-order valence-corrected chi connectivity index (χ2v) is 6.36. The molecule has 0 aliphatic heterocycles. The third-order valence-corrected chi connectivity index (χ3v) is 4.19. The van der Waals surface area contributed by atoms with Crippen LogP contribution in [-0.4, -0.2) is 36.1 Å². The second-order valence-electron chi connectivity index (χ2n) is 6.36. The van der Waals surface area contributed by atoms with Crippen molar-refractivity contribution in [2.45, 2.75) is 6.92 Å². The van der Waals surface area contributed by atoms with E-state index in [2.05, 4.69) is 10.2 Å². The minimum Gasteiger partial charge on any atom is -1.00 e. The molecule has 0 N–H and O–H groups in total. The Bertz CT molecular complexity index is 1020. The van der Waals surface area contributed by atoms with Crippen molar-refractivity contribution in [3.63, 3.8) is 0 Å². The summed E-state index contributed by atoms with van der Waals surface area (Å²) >= 11 is 0. The summed E-state index contributed by atoms with van der Waals surface area (Å²) in [4.78, 5) is 12.3. The van der Waals surface area contributed by atoms with Crippen LogP contribution in [0.1, 0.15) is 17.0 Å². The molecule has 1 aromatic heterocycles. The van der Waals surface area contributed by atoms with Crippen LogP contribution >= 0.6 is 0 Å². The smallest absolute Gasteiger partial charge is 0.304 e. The maximum atomic E-state index is 10.7. The average Bonchev–Trinajstić information content (AvgIpc) is 3.05. The summed E-state index contributed by atoms with van der Waals surface area (Å²) in [7, 11) is 4.00. The highest BCUT2D eigenvalue weighted by Crippen LogP contribution is 2.11. The van der Waals surface area contributed by atoms with Crippen LogP contribution in [0.3, 0.4) is 0 Å². The molecule has 9 heteroatoms. The molecule has 3 aromatic rings. The molecular weight excluding hydrogens is 392 g/mol. The lowest BCUT2D eigenvalue weighted by molar-refractivity contribution is -0.684. The predicted molar refractivity (Wildman–Crippen MR) is 109 cm³/mol. The number of anilines is 1. The molecule has 2 aromatic carbocycles. The number of rotatable bonds is 6. The number of imidazole rings is 1. The normalized spacial score (nSPS) is 11.0. The Balaban J connectivity index is 0.00000300. The first kappa shape index (κ1) is 21.8. The van der Waals surface area contributed by atoms with E-state index in [1.807, 2.05) is 56.4 Å². The Morgan fingerprint density at radius 1 is 1.03 bits per heavy atom. The second kappa shape index (κ2) is 9.61. The average molecular weight is 413 g/mol. The largest absolute Gasteiger partial charge is 1.00 e. The van der Waals surface area contributed by atoms with Crippen molar-refractivity contribution in [1.29, 1.82) is 0 Å². The van der Waals surface area contributed by atoms with E-state index < -0.39 is 4.92 Å². The molecule has 8 nitrogen and oxygen atoms in total. The summed E-state index contributed by atoms with van der Waals surface area (Å²) in [6, 6.07) is 14.3. The van der Waals surface area contributed by atoms with Gasteiger partial charge in [0.2, 0.25) is 0 Å². The van der Waals surface area contributed by atoms with E-state index >= 15 is 0 Å². The van der Waals surface area contributed by atoms with Gasteiger partial charge >= 0.3 is 5.82 Å². The third-order valence-electron chi connectivity index (χ3n) is 4.19. The molecule has 1 heterocycles. The van der Waals surface area contributed by atoms with E-state index in [4.69, 9.17) is 0 Å². The first-order valence-corrected chi connectivity index (χ1v) is 8.64. The summed E-state index contributed by atoms with van der Waals surface area (Å²) in [5.41, 5.74) is 2.96. The summed E-state index contributed by atoms with van der Waals surface area (Å²) in [5, 5.41) is 19.5. The van der Waals surface area contributed by atoms with Crippen molar-refractivity contribution >= 4 is 23.8 Å². The quantitative estimate of drug-likeness (QED) is 0.244. The van der Waals surface area contributed by atoms with Gasteiger partial charge in [-0.25, -0.2) is 0 Å². The Kier molecular flexibility index (Phi) is 7.21. The summed E-state index contributed by atoms with van der Waals surface area (Å²) < 4.78 is 3.42. The van der Waals surface area contributed by atoms with Gasteiger partial charge in [-0.15, -0.1) is 9.35 Å². The lowest BCUT2D eigenvalue weighted by atomic mass is 10.2. The van der Waals surface area contributed by atoms with Crippen LogP contribution in [-0.2, 0) is 0 Å². The van der Waals surface area contributed by atoms with Crippen molar-refractivity contribution in [3.05, 3.63) is 88.0 Å². The monoisotopic (exact) mass is 412 g/mol. The third kappa shape index (κ3) is 5.49. The fourth-order valence-corrected chi connectivity index (χ4v) is 2.49. The van der Waals surface area contributed by atoms with E-state index in [9.17, 15) is 10.1 Å². The van der Waals surface area contributed by atoms with Crippen LogP contribution in [0.4, 0.5) is 11.4 Å². The molecule has 3 rings (SSSR count). The number of hydrogen-bond donors (Lipinski definition) is 0. The van der Waals surface area contributed by atoms with Gasteiger partial charge in [-0.2, -0.15) is 0 Å². The molecule has 0 amide bonds. The molecule has 150 valence electrons. The van der Waals surface area contributed by atoms with Crippen molar-refractivity contribution in [3.8, 4) is 0 Å². The molecular formula is C20H21ClN6O2. The van der Waals surface area contributed by atoms with Gasteiger partial charge in [0.25, 0.3) is 5.69 Å². The van der Waals surface area contributed by atoms with E-state index in [1.165, 1.54) is 12.1 Å². The van der Waals surface area contributed by atoms with Gasteiger partial charge in [-0.3, -0.25) is 10.1 Å². The number of hydrogen-bond acceptors (Lipinski definition) is 5. The Labute approximate surface area is 175 Å². The van der Waals surface area contributed by atoms with E-state index in [0.717, 1.165) is 22.6 Å². The molecule has 0 saturated carbocycles. The maximum absolute atomic E-state index is 10.7. The molecule has 0 aliphatic rings. The standard InChI is InChI=1S/C20H21N6O2.ClH/c1-16-24(21-14-17-4-8-19(9-5-17)23(2)3)12-13-25(16)22-15-18-6-10-20(11-7-18)26(27)28;/h4-15H,1-3H3;1H/q+1;/p-1. The first-order valence-electron chi connectivity index (χ1n) is 8.64. The zero-order valence-corrected chi connectivity index (χ0v) is 17.1. The number of benzene rings is 2. The number of nitro benzene ring substituents is 1. The number of halogens is 1. The minimum atomic E-state index is -0.425. The SMILES string of the molecule is Cc1n(N=Cc2ccc(N(C)C)cc2)cc[n+]1N=Cc1ccc([N+](=O)[O-])cc1.[Cl-]. The maximum Gasteiger partial charge on any atom is 0.304 e. The van der Waals surface area contributed by atoms with Gasteiger partial charge in [0.1, 0.15) is 0 Å². The van der Waals surface area contributed by atoms with Gasteiger partial charge < -0.3 is 17.3 Å². The number of non-ortho nitro benzene ring substituents is 1. The molecule has 0 atom stereocenters. The lowest BCUT2D eigenvalue weighted by Gasteiger charge is -2.11. The van der Waals surface area contributed by atoms with E-state index in [-0.39, 0.29) is 18.1 Å². The number of aromatic nitrogens is 2. The molecule has 0 fully saturated rings. The summed E-state index contributed by atoms with van der Waals surface area (Å²) in [6.07, 6.45) is 7.04. The van der Waals surface area contributed by atoms with E-state index in [0.29, 0.717) is 0 Å². The van der Waals surface area contributed by atoms with Gasteiger partial charge in [0.15, 0.2) is 12.4 Å². The topological polar surface area (TPSA) is 79.9 Å². The molecule has 29 heavy (non-hydrogen) atoms. The Morgan fingerprint density at radius 3 is 2.21 bits per heavy atom. The van der Waals surface area contributed by atoms with Crippen LogP contribution in [0.5, 0.6) is 0 Å². The molecule has 0 unspecified atom stereocenters. The fourth-order valence-electron chi connectivity index (χ4n) is 2.49. The Morgan fingerprint density at radius 2 is 1.62 bits per heavy atom. The Hall–Kier alpha value is -3.52. The molecule has 0 spiro atoms. The van der Waals surface area contributed by atoms with Crippen LogP contribution in [0.15, 0.2) is 71.1 Å². The molecule has 0 aliphatic carbocycles. The van der Waals surface area contributed by atoms with Crippen molar-refractivity contribution in [2.75, 3.05) is 19.0 Å². The van der Waals surface area contributed by atoms with Crippen molar-refractivity contribution in [1.82, 2.24) is 4.68 Å². The lowest BCUT2D eigenvalue weighted by Crippen LogP contribution is -3.00. The minimum absolute atomic E-state index is 0. The van der Waals surface area contributed by atoms with Gasteiger partial charge in [-0.1, -0.05) is 22.3 Å². The molecule has 0 radical (unpaired) electrons. The van der Waals surface area contributed by atoms with Crippen LogP contribution in [0.2, 0.25) is 0 Å². The van der Waals surface area contributed by atoms with Gasteiger partial charge in [-0.05, 0) is 35.4 Å². The molecule has 0 bridgehead atoms. The number of nitrogens with zero attached hydrogens (tertiary/aromatic N) is 6. The molecule has 0 saturated heterocycles. The summed E-state index contributed by atoms with van der Waals surface area (Å²) in [6.45, 7) is 1.90. The highest BCUT2D eigenvalue weighted by Gasteiger charge is 2.10. The summed E-state index contributed by atoms with van der Waals surface area (Å²) in [5.74, 6) is 0.819. The van der Waals surface area contributed by atoms with Crippen molar-refractivity contribution in [2.24, 2.45) is 10.2 Å². The van der Waals surface area contributed by atoms with Gasteiger partial charge in [0.05, 0.1) is 17.4 Å².